The highest BCUT2D eigenvalue weighted by Crippen LogP contribution is 2.20. The summed E-state index contributed by atoms with van der Waals surface area (Å²) < 4.78 is 5.15. The van der Waals surface area contributed by atoms with Gasteiger partial charge in [0.15, 0.2) is 0 Å². The van der Waals surface area contributed by atoms with Crippen LogP contribution in [0.4, 0.5) is 0 Å². The van der Waals surface area contributed by atoms with Crippen molar-refractivity contribution in [2.75, 3.05) is 46.4 Å². The molecule has 0 aliphatic carbocycles. The molecule has 1 N–H and O–H groups in total. The standard InChI is InChI=1S/C15H29N3O2.ClH/c1-12-10-14(4-5-16-12)15(19)18-7-6-17(8-9-20-3)13(2)11-18;/h12-14,16H,4-11H2,1-3H3;1H/t12-,13?,14-;/m0./s1. The number of nitrogens with one attached hydrogen (secondary N) is 1. The normalized spacial score (nSPS) is 30.8. The topological polar surface area (TPSA) is 44.8 Å². The number of carbonyl (C=O) groups excluding carboxylic acids is 1. The van der Waals surface area contributed by atoms with Crippen molar-refractivity contribution in [2.45, 2.75) is 38.8 Å². The summed E-state index contributed by atoms with van der Waals surface area (Å²) in [6, 6.07) is 0.903. The van der Waals surface area contributed by atoms with Gasteiger partial charge in [0.1, 0.15) is 0 Å². The maximum atomic E-state index is 12.6. The fourth-order valence-corrected chi connectivity index (χ4v) is 3.35. The Hall–Kier alpha value is -0.360. The van der Waals surface area contributed by atoms with E-state index in [9.17, 15) is 4.79 Å². The molecular weight excluding hydrogens is 290 g/mol. The SMILES string of the molecule is COCCN1CCN(C(=O)[C@H]2CCN[C@@H](C)C2)CC1C.Cl. The van der Waals surface area contributed by atoms with Gasteiger partial charge in [-0.05, 0) is 33.2 Å². The smallest absolute Gasteiger partial charge is 0.225 e. The number of methoxy groups -OCH3 is 1. The van der Waals surface area contributed by atoms with Gasteiger partial charge < -0.3 is 15.0 Å². The van der Waals surface area contributed by atoms with Crippen molar-refractivity contribution in [3.05, 3.63) is 0 Å². The third kappa shape index (κ3) is 5.09. The molecule has 0 radical (unpaired) electrons. The van der Waals surface area contributed by atoms with Gasteiger partial charge in [0, 0.05) is 51.3 Å². The van der Waals surface area contributed by atoms with Crippen LogP contribution in [0.3, 0.4) is 0 Å². The van der Waals surface area contributed by atoms with Gasteiger partial charge in [-0.2, -0.15) is 0 Å². The number of amides is 1. The number of hydrogen-bond donors (Lipinski definition) is 1. The van der Waals surface area contributed by atoms with Crippen LogP contribution in [0.25, 0.3) is 0 Å². The first-order valence-electron chi connectivity index (χ1n) is 7.87. The van der Waals surface area contributed by atoms with Crippen LogP contribution < -0.4 is 5.32 Å². The zero-order valence-electron chi connectivity index (χ0n) is 13.5. The molecule has 5 nitrogen and oxygen atoms in total. The minimum atomic E-state index is 0. The van der Waals surface area contributed by atoms with Crippen LogP contribution in [-0.4, -0.2) is 74.2 Å². The van der Waals surface area contributed by atoms with Crippen molar-refractivity contribution in [1.29, 1.82) is 0 Å². The number of nitrogens with zero attached hydrogens (tertiary/aromatic N) is 2. The molecule has 2 aliphatic heterocycles. The molecule has 0 aromatic rings. The number of rotatable bonds is 4. The molecule has 21 heavy (non-hydrogen) atoms. The van der Waals surface area contributed by atoms with Gasteiger partial charge in [-0.3, -0.25) is 9.69 Å². The Balaban J connectivity index is 0.00000220. The molecule has 6 heteroatoms. The zero-order valence-corrected chi connectivity index (χ0v) is 14.3. The molecule has 0 aromatic carbocycles. The van der Waals surface area contributed by atoms with E-state index in [2.05, 4.69) is 29.0 Å². The predicted molar refractivity (Wildman–Crippen MR) is 86.9 cm³/mol. The lowest BCUT2D eigenvalue weighted by Gasteiger charge is -2.41. The summed E-state index contributed by atoms with van der Waals surface area (Å²) in [4.78, 5) is 17.1. The van der Waals surface area contributed by atoms with Crippen molar-refractivity contribution >= 4 is 18.3 Å². The van der Waals surface area contributed by atoms with Crippen LogP contribution in [-0.2, 0) is 9.53 Å². The Labute approximate surface area is 134 Å². The highest BCUT2D eigenvalue weighted by Gasteiger charge is 2.32. The summed E-state index contributed by atoms with van der Waals surface area (Å²) in [5, 5.41) is 3.42. The van der Waals surface area contributed by atoms with E-state index in [-0.39, 0.29) is 18.3 Å². The molecule has 3 atom stereocenters. The zero-order chi connectivity index (χ0) is 14.5. The van der Waals surface area contributed by atoms with Gasteiger partial charge in [0.05, 0.1) is 6.61 Å². The molecule has 0 spiro atoms. The predicted octanol–water partition coefficient (Wildman–Crippen LogP) is 0.975. The highest BCUT2D eigenvalue weighted by molar-refractivity contribution is 5.85. The Morgan fingerprint density at radius 1 is 1.33 bits per heavy atom. The Kier molecular flexibility index (Phi) is 7.95. The van der Waals surface area contributed by atoms with Crippen LogP contribution in [0, 0.1) is 5.92 Å². The number of halogens is 1. The molecule has 2 heterocycles. The van der Waals surface area contributed by atoms with Crippen LogP contribution in [0.5, 0.6) is 0 Å². The molecule has 1 unspecified atom stereocenters. The van der Waals surface area contributed by atoms with Crippen LogP contribution >= 0.6 is 12.4 Å². The first-order valence-corrected chi connectivity index (χ1v) is 7.87. The highest BCUT2D eigenvalue weighted by atomic mass is 35.5. The van der Waals surface area contributed by atoms with Gasteiger partial charge in [-0.1, -0.05) is 0 Å². The number of ether oxygens (including phenoxy) is 1. The van der Waals surface area contributed by atoms with E-state index < -0.39 is 0 Å². The molecular formula is C15H30ClN3O2. The van der Waals surface area contributed by atoms with E-state index in [0.29, 0.717) is 18.0 Å². The summed E-state index contributed by atoms with van der Waals surface area (Å²) in [6.45, 7) is 9.78. The Bertz CT molecular complexity index is 330. The number of piperidine rings is 1. The van der Waals surface area contributed by atoms with Gasteiger partial charge in [-0.25, -0.2) is 0 Å². The van der Waals surface area contributed by atoms with E-state index in [4.69, 9.17) is 4.74 Å². The van der Waals surface area contributed by atoms with E-state index in [1.807, 2.05) is 0 Å². The average molecular weight is 320 g/mol. The van der Waals surface area contributed by atoms with E-state index in [1.54, 1.807) is 7.11 Å². The lowest BCUT2D eigenvalue weighted by atomic mass is 9.91. The Morgan fingerprint density at radius 2 is 2.10 bits per heavy atom. The summed E-state index contributed by atoms with van der Waals surface area (Å²) >= 11 is 0. The molecule has 2 aliphatic rings. The van der Waals surface area contributed by atoms with Crippen molar-refractivity contribution in [3.8, 4) is 0 Å². The average Bonchev–Trinajstić information content (AvgIpc) is 2.45. The largest absolute Gasteiger partial charge is 0.383 e. The molecule has 124 valence electrons. The first-order chi connectivity index (χ1) is 9.61. The summed E-state index contributed by atoms with van der Waals surface area (Å²) in [7, 11) is 1.74. The second-order valence-electron chi connectivity index (χ2n) is 6.24. The van der Waals surface area contributed by atoms with Crippen LogP contribution in [0.15, 0.2) is 0 Å². The molecule has 0 aromatic heterocycles. The van der Waals surface area contributed by atoms with Crippen molar-refractivity contribution in [3.63, 3.8) is 0 Å². The fourth-order valence-electron chi connectivity index (χ4n) is 3.35. The molecule has 1 amide bonds. The summed E-state index contributed by atoms with van der Waals surface area (Å²) in [5.74, 6) is 0.598. The van der Waals surface area contributed by atoms with E-state index >= 15 is 0 Å². The van der Waals surface area contributed by atoms with Gasteiger partial charge in [-0.15, -0.1) is 12.4 Å². The molecule has 0 bridgehead atoms. The summed E-state index contributed by atoms with van der Waals surface area (Å²) in [5.41, 5.74) is 0. The first kappa shape index (κ1) is 18.7. The van der Waals surface area contributed by atoms with E-state index in [0.717, 1.165) is 52.2 Å². The van der Waals surface area contributed by atoms with Crippen LogP contribution in [0.1, 0.15) is 26.7 Å². The molecule has 0 saturated carbocycles. The number of piperazine rings is 1. The minimum absolute atomic E-state index is 0. The van der Waals surface area contributed by atoms with Gasteiger partial charge >= 0.3 is 0 Å². The lowest BCUT2D eigenvalue weighted by molar-refractivity contribution is -0.139. The monoisotopic (exact) mass is 319 g/mol. The fraction of sp³-hybridized carbons (Fsp3) is 0.933. The van der Waals surface area contributed by atoms with Crippen molar-refractivity contribution in [2.24, 2.45) is 5.92 Å². The van der Waals surface area contributed by atoms with E-state index in [1.165, 1.54) is 0 Å². The molecule has 2 rings (SSSR count). The minimum Gasteiger partial charge on any atom is -0.383 e. The maximum absolute atomic E-state index is 12.6. The maximum Gasteiger partial charge on any atom is 0.225 e. The number of hydrogen-bond acceptors (Lipinski definition) is 4. The summed E-state index contributed by atoms with van der Waals surface area (Å²) in [6.07, 6.45) is 1.97. The molecule has 2 fully saturated rings. The second-order valence-corrected chi connectivity index (χ2v) is 6.24. The van der Waals surface area contributed by atoms with Crippen LogP contribution in [0.2, 0.25) is 0 Å². The third-order valence-corrected chi connectivity index (χ3v) is 4.63. The number of carbonyl (C=O) groups is 1. The van der Waals surface area contributed by atoms with Gasteiger partial charge in [0.25, 0.3) is 0 Å². The van der Waals surface area contributed by atoms with Crippen molar-refractivity contribution in [1.82, 2.24) is 15.1 Å². The van der Waals surface area contributed by atoms with Gasteiger partial charge in [0.2, 0.25) is 5.91 Å². The second kappa shape index (κ2) is 8.93. The Morgan fingerprint density at radius 3 is 2.71 bits per heavy atom. The quantitative estimate of drug-likeness (QED) is 0.839. The third-order valence-electron chi connectivity index (χ3n) is 4.63. The van der Waals surface area contributed by atoms with Crippen molar-refractivity contribution < 1.29 is 9.53 Å². The molecule has 2 saturated heterocycles. The lowest BCUT2D eigenvalue weighted by Crippen LogP contribution is -2.56.